The first kappa shape index (κ1) is 9.99. The molecule has 0 amide bonds. The average Bonchev–Trinajstić information content (AvgIpc) is 2.83. The zero-order valence-electron chi connectivity index (χ0n) is 8.94. The summed E-state index contributed by atoms with van der Waals surface area (Å²) in [6.45, 7) is 1.94. The van der Waals surface area contributed by atoms with Gasteiger partial charge >= 0.3 is 0 Å². The van der Waals surface area contributed by atoms with Crippen molar-refractivity contribution in [3.63, 3.8) is 0 Å². The third-order valence-electron chi connectivity index (χ3n) is 2.71. The molecule has 5 heteroatoms. The monoisotopic (exact) mass is 234 g/mol. The van der Waals surface area contributed by atoms with Gasteiger partial charge in [0.25, 0.3) is 0 Å². The Morgan fingerprint density at radius 3 is 3.12 bits per heavy atom. The Labute approximate surface area is 98.1 Å². The van der Waals surface area contributed by atoms with E-state index >= 15 is 0 Å². The summed E-state index contributed by atoms with van der Waals surface area (Å²) in [6, 6.07) is 0. The number of H-pyrrole nitrogens is 1. The van der Waals surface area contributed by atoms with Gasteiger partial charge in [-0.3, -0.25) is 0 Å². The predicted molar refractivity (Wildman–Crippen MR) is 64.1 cm³/mol. The van der Waals surface area contributed by atoms with Crippen LogP contribution in [0, 0.1) is 5.92 Å². The van der Waals surface area contributed by atoms with Crippen LogP contribution >= 0.6 is 11.3 Å². The number of hydrogen-bond donors (Lipinski definition) is 2. The minimum atomic E-state index is 0.821. The summed E-state index contributed by atoms with van der Waals surface area (Å²) in [5.41, 5.74) is 1.01. The molecule has 1 aliphatic rings. The van der Waals surface area contributed by atoms with E-state index in [0.717, 1.165) is 35.5 Å². The second kappa shape index (κ2) is 4.35. The predicted octanol–water partition coefficient (Wildman–Crippen LogP) is 2.03. The van der Waals surface area contributed by atoms with Gasteiger partial charge in [-0.25, -0.2) is 9.97 Å². The van der Waals surface area contributed by atoms with Crippen molar-refractivity contribution in [1.29, 1.82) is 0 Å². The Bertz CT molecular complexity index is 444. The molecular formula is C11H14N4S. The first-order chi connectivity index (χ1) is 7.92. The highest BCUT2D eigenvalue weighted by Gasteiger charge is 2.20. The van der Waals surface area contributed by atoms with Crippen LogP contribution in [0.4, 0.5) is 0 Å². The van der Waals surface area contributed by atoms with Gasteiger partial charge in [0.2, 0.25) is 0 Å². The average molecular weight is 234 g/mol. The van der Waals surface area contributed by atoms with Gasteiger partial charge in [-0.05, 0) is 25.3 Å². The topological polar surface area (TPSA) is 53.6 Å². The SMILES string of the molecule is c1csc(-c2cnc(CNCC3CC3)[nH]2)n1. The molecule has 1 fully saturated rings. The minimum Gasteiger partial charge on any atom is -0.339 e. The molecule has 1 aliphatic carbocycles. The molecular weight excluding hydrogens is 220 g/mol. The maximum absolute atomic E-state index is 4.34. The molecule has 16 heavy (non-hydrogen) atoms. The van der Waals surface area contributed by atoms with Crippen LogP contribution in [0.5, 0.6) is 0 Å². The Morgan fingerprint density at radius 2 is 2.38 bits per heavy atom. The molecule has 0 unspecified atom stereocenters. The fourth-order valence-corrected chi connectivity index (χ4v) is 2.24. The first-order valence-electron chi connectivity index (χ1n) is 5.56. The molecule has 0 aliphatic heterocycles. The van der Waals surface area contributed by atoms with Gasteiger partial charge in [0.05, 0.1) is 18.4 Å². The summed E-state index contributed by atoms with van der Waals surface area (Å²) >= 11 is 1.63. The third-order valence-corrected chi connectivity index (χ3v) is 3.52. The molecule has 3 rings (SSSR count). The number of rotatable bonds is 5. The lowest BCUT2D eigenvalue weighted by atomic mass is 10.4. The Hall–Kier alpha value is -1.20. The third kappa shape index (κ3) is 2.31. The van der Waals surface area contributed by atoms with Gasteiger partial charge < -0.3 is 10.3 Å². The summed E-state index contributed by atoms with van der Waals surface area (Å²) in [4.78, 5) is 11.9. The normalized spacial score (nSPS) is 15.5. The van der Waals surface area contributed by atoms with E-state index in [9.17, 15) is 0 Å². The summed E-state index contributed by atoms with van der Waals surface area (Å²) in [6.07, 6.45) is 6.43. The zero-order valence-corrected chi connectivity index (χ0v) is 9.76. The van der Waals surface area contributed by atoms with E-state index in [1.54, 1.807) is 11.3 Å². The van der Waals surface area contributed by atoms with Crippen LogP contribution in [0.1, 0.15) is 18.7 Å². The van der Waals surface area contributed by atoms with Crippen molar-refractivity contribution in [3.05, 3.63) is 23.6 Å². The van der Waals surface area contributed by atoms with Gasteiger partial charge in [-0.15, -0.1) is 11.3 Å². The van der Waals surface area contributed by atoms with Gasteiger partial charge in [0.15, 0.2) is 0 Å². The van der Waals surface area contributed by atoms with Gasteiger partial charge in [0.1, 0.15) is 10.8 Å². The zero-order chi connectivity index (χ0) is 10.8. The van der Waals surface area contributed by atoms with Crippen molar-refractivity contribution >= 4 is 11.3 Å². The lowest BCUT2D eigenvalue weighted by Crippen LogP contribution is -2.16. The molecule has 84 valence electrons. The molecule has 2 aromatic heterocycles. The van der Waals surface area contributed by atoms with E-state index in [0.29, 0.717) is 0 Å². The summed E-state index contributed by atoms with van der Waals surface area (Å²) < 4.78 is 0. The molecule has 1 saturated carbocycles. The van der Waals surface area contributed by atoms with Crippen molar-refractivity contribution < 1.29 is 0 Å². The Morgan fingerprint density at radius 1 is 1.44 bits per heavy atom. The smallest absolute Gasteiger partial charge is 0.141 e. The number of hydrogen-bond acceptors (Lipinski definition) is 4. The molecule has 0 aromatic carbocycles. The lowest BCUT2D eigenvalue weighted by molar-refractivity contribution is 0.623. The number of nitrogens with one attached hydrogen (secondary N) is 2. The van der Waals surface area contributed by atoms with E-state index < -0.39 is 0 Å². The molecule has 0 saturated heterocycles. The van der Waals surface area contributed by atoms with E-state index in [4.69, 9.17) is 0 Å². The summed E-state index contributed by atoms with van der Waals surface area (Å²) in [5, 5.41) is 6.39. The minimum absolute atomic E-state index is 0.821. The second-order valence-corrected chi connectivity index (χ2v) is 5.05. The van der Waals surface area contributed by atoms with Crippen LogP contribution in [0.3, 0.4) is 0 Å². The second-order valence-electron chi connectivity index (χ2n) is 4.16. The molecule has 2 heterocycles. The largest absolute Gasteiger partial charge is 0.339 e. The number of nitrogens with zero attached hydrogens (tertiary/aromatic N) is 2. The first-order valence-corrected chi connectivity index (χ1v) is 6.44. The fourth-order valence-electron chi connectivity index (χ4n) is 1.63. The van der Waals surface area contributed by atoms with Gasteiger partial charge in [-0.2, -0.15) is 0 Å². The quantitative estimate of drug-likeness (QED) is 0.832. The van der Waals surface area contributed by atoms with Crippen LogP contribution in [0.25, 0.3) is 10.7 Å². The van der Waals surface area contributed by atoms with E-state index in [1.165, 1.54) is 12.8 Å². The molecule has 2 N–H and O–H groups in total. The molecule has 0 radical (unpaired) electrons. The van der Waals surface area contributed by atoms with Crippen molar-refractivity contribution in [2.45, 2.75) is 19.4 Å². The lowest BCUT2D eigenvalue weighted by Gasteiger charge is -1.99. The van der Waals surface area contributed by atoms with Crippen molar-refractivity contribution in [1.82, 2.24) is 20.3 Å². The fraction of sp³-hybridized carbons (Fsp3) is 0.455. The highest BCUT2D eigenvalue weighted by Crippen LogP contribution is 2.27. The number of thiazole rings is 1. The molecule has 0 spiro atoms. The number of aromatic nitrogens is 3. The van der Waals surface area contributed by atoms with Crippen molar-refractivity contribution in [2.75, 3.05) is 6.54 Å². The molecule has 0 atom stereocenters. The van der Waals surface area contributed by atoms with Gasteiger partial charge in [0, 0.05) is 11.6 Å². The van der Waals surface area contributed by atoms with E-state index in [-0.39, 0.29) is 0 Å². The highest BCUT2D eigenvalue weighted by atomic mass is 32.1. The Kier molecular flexibility index (Phi) is 2.71. The van der Waals surface area contributed by atoms with Crippen LogP contribution < -0.4 is 5.32 Å². The van der Waals surface area contributed by atoms with Crippen LogP contribution in [0.15, 0.2) is 17.8 Å². The summed E-state index contributed by atoms with van der Waals surface area (Å²) in [7, 11) is 0. The van der Waals surface area contributed by atoms with Crippen LogP contribution in [-0.2, 0) is 6.54 Å². The molecule has 2 aromatic rings. The number of aromatic amines is 1. The molecule has 4 nitrogen and oxygen atoms in total. The molecule has 0 bridgehead atoms. The van der Waals surface area contributed by atoms with E-state index in [2.05, 4.69) is 20.3 Å². The van der Waals surface area contributed by atoms with Crippen molar-refractivity contribution in [3.8, 4) is 10.7 Å². The van der Waals surface area contributed by atoms with E-state index in [1.807, 2.05) is 17.8 Å². The van der Waals surface area contributed by atoms with Crippen LogP contribution in [-0.4, -0.2) is 21.5 Å². The van der Waals surface area contributed by atoms with Gasteiger partial charge in [-0.1, -0.05) is 0 Å². The van der Waals surface area contributed by atoms with Crippen molar-refractivity contribution in [2.24, 2.45) is 5.92 Å². The number of imidazole rings is 1. The maximum Gasteiger partial charge on any atom is 0.141 e. The maximum atomic E-state index is 4.34. The Balaban J connectivity index is 1.59. The standard InChI is InChI=1S/C11H14N4S/c1-2-8(1)5-12-7-10-14-6-9(15-10)11-13-3-4-16-11/h3-4,6,8,12H,1-2,5,7H2,(H,14,15). The highest BCUT2D eigenvalue weighted by molar-refractivity contribution is 7.13. The van der Waals surface area contributed by atoms with Crippen LogP contribution in [0.2, 0.25) is 0 Å². The summed E-state index contributed by atoms with van der Waals surface area (Å²) in [5.74, 6) is 1.90.